The van der Waals surface area contributed by atoms with Gasteiger partial charge in [-0.25, -0.2) is 4.79 Å². The molecule has 28 heavy (non-hydrogen) atoms. The second kappa shape index (κ2) is 15.4. The highest BCUT2D eigenvalue weighted by atomic mass is 32.2. The van der Waals surface area contributed by atoms with Gasteiger partial charge in [0.25, 0.3) is 0 Å². The molecule has 0 aliphatic rings. The van der Waals surface area contributed by atoms with Gasteiger partial charge in [0.05, 0.1) is 6.54 Å². The van der Waals surface area contributed by atoms with Crippen LogP contribution >= 0.6 is 24.4 Å². The van der Waals surface area contributed by atoms with Gasteiger partial charge in [-0.05, 0) is 44.2 Å². The number of nitrogens with two attached hydrogens (primary N) is 2. The minimum absolute atomic E-state index is 0.0141. The molecule has 0 saturated carbocycles. The van der Waals surface area contributed by atoms with Crippen LogP contribution in [0.3, 0.4) is 0 Å². The summed E-state index contributed by atoms with van der Waals surface area (Å²) >= 11 is 5.50. The molecule has 0 heterocycles. The summed E-state index contributed by atoms with van der Waals surface area (Å²) in [5, 5.41) is 16.7. The van der Waals surface area contributed by atoms with Gasteiger partial charge >= 0.3 is 5.97 Å². The Labute approximate surface area is 174 Å². The number of carboxylic acid groups (broad SMARTS) is 1. The first-order chi connectivity index (χ1) is 13.3. The van der Waals surface area contributed by atoms with Crippen LogP contribution in [-0.2, 0) is 19.2 Å². The maximum absolute atomic E-state index is 12.6. The maximum Gasteiger partial charge on any atom is 0.326 e. The number of hydrogen-bond acceptors (Lipinski definition) is 8. The molecule has 0 rings (SSSR count). The van der Waals surface area contributed by atoms with Crippen LogP contribution in [0.2, 0.25) is 0 Å². The maximum atomic E-state index is 12.6. The van der Waals surface area contributed by atoms with Crippen molar-refractivity contribution in [2.45, 2.75) is 43.8 Å². The molecule has 10 nitrogen and oxygen atoms in total. The van der Waals surface area contributed by atoms with Crippen LogP contribution in [0.1, 0.15) is 25.7 Å². The average Bonchev–Trinajstić information content (AvgIpc) is 2.67. The zero-order chi connectivity index (χ0) is 21.5. The molecule has 0 aromatic heterocycles. The SMILES string of the molecule is CSCCC(NC(=O)C(CCCCN)NC(=O)C(CS)NC(=O)CN)C(=O)O. The number of hydrogen-bond donors (Lipinski definition) is 7. The molecule has 0 saturated heterocycles. The number of nitrogens with one attached hydrogen (secondary N) is 3. The second-order valence-electron chi connectivity index (χ2n) is 6.03. The van der Waals surface area contributed by atoms with Gasteiger partial charge in [0.15, 0.2) is 0 Å². The van der Waals surface area contributed by atoms with Crippen molar-refractivity contribution in [2.75, 3.05) is 30.9 Å². The van der Waals surface area contributed by atoms with Crippen LogP contribution in [-0.4, -0.2) is 77.8 Å². The molecular weight excluding hydrogens is 406 g/mol. The van der Waals surface area contributed by atoms with Gasteiger partial charge in [0.1, 0.15) is 18.1 Å². The number of carboxylic acids is 1. The van der Waals surface area contributed by atoms with Crippen LogP contribution in [0.25, 0.3) is 0 Å². The lowest BCUT2D eigenvalue weighted by Crippen LogP contribution is -2.56. The van der Waals surface area contributed by atoms with E-state index < -0.39 is 41.8 Å². The molecule has 0 radical (unpaired) electrons. The van der Waals surface area contributed by atoms with Crippen molar-refractivity contribution in [1.82, 2.24) is 16.0 Å². The van der Waals surface area contributed by atoms with Crippen molar-refractivity contribution in [3.8, 4) is 0 Å². The fourth-order valence-corrected chi connectivity index (χ4v) is 2.98. The summed E-state index contributed by atoms with van der Waals surface area (Å²) in [5.41, 5.74) is 10.7. The van der Waals surface area contributed by atoms with Crippen molar-refractivity contribution in [2.24, 2.45) is 11.5 Å². The van der Waals surface area contributed by atoms with E-state index in [9.17, 15) is 24.3 Å². The van der Waals surface area contributed by atoms with E-state index in [4.69, 9.17) is 11.5 Å². The minimum Gasteiger partial charge on any atom is -0.480 e. The van der Waals surface area contributed by atoms with Crippen LogP contribution in [0.4, 0.5) is 0 Å². The summed E-state index contributed by atoms with van der Waals surface area (Å²) in [6, 6.07) is -2.96. The van der Waals surface area contributed by atoms with E-state index >= 15 is 0 Å². The summed E-state index contributed by atoms with van der Waals surface area (Å²) in [5.74, 6) is -2.28. The van der Waals surface area contributed by atoms with E-state index in [1.165, 1.54) is 11.8 Å². The molecule has 0 aliphatic heterocycles. The fraction of sp³-hybridized carbons (Fsp3) is 0.750. The molecule has 3 unspecified atom stereocenters. The first-order valence-electron chi connectivity index (χ1n) is 8.93. The lowest BCUT2D eigenvalue weighted by molar-refractivity contribution is -0.142. The molecular formula is C16H31N5O5S2. The largest absolute Gasteiger partial charge is 0.480 e. The summed E-state index contributed by atoms with van der Waals surface area (Å²) in [6.07, 6.45) is 3.60. The zero-order valence-electron chi connectivity index (χ0n) is 16.0. The van der Waals surface area contributed by atoms with Crippen molar-refractivity contribution in [3.05, 3.63) is 0 Å². The molecule has 0 aliphatic carbocycles. The van der Waals surface area contributed by atoms with Gasteiger partial charge in [0, 0.05) is 5.75 Å². The predicted molar refractivity (Wildman–Crippen MR) is 112 cm³/mol. The normalized spacial score (nSPS) is 13.9. The molecule has 0 aromatic carbocycles. The van der Waals surface area contributed by atoms with E-state index in [0.717, 1.165) is 0 Å². The predicted octanol–water partition coefficient (Wildman–Crippen LogP) is -1.70. The second-order valence-corrected chi connectivity index (χ2v) is 7.38. The number of thioether (sulfide) groups is 1. The number of carbonyl (C=O) groups excluding carboxylic acids is 3. The van der Waals surface area contributed by atoms with Gasteiger partial charge in [-0.1, -0.05) is 0 Å². The van der Waals surface area contributed by atoms with E-state index in [0.29, 0.717) is 25.1 Å². The van der Waals surface area contributed by atoms with E-state index in [1.807, 2.05) is 6.26 Å². The smallest absolute Gasteiger partial charge is 0.326 e. The molecule has 3 amide bonds. The van der Waals surface area contributed by atoms with Crippen LogP contribution in [0, 0.1) is 0 Å². The fourth-order valence-electron chi connectivity index (χ4n) is 2.25. The first-order valence-corrected chi connectivity index (χ1v) is 11.0. The number of unbranched alkanes of at least 4 members (excludes halogenated alkanes) is 1. The van der Waals surface area contributed by atoms with Crippen molar-refractivity contribution in [1.29, 1.82) is 0 Å². The number of rotatable bonds is 15. The lowest BCUT2D eigenvalue weighted by atomic mass is 10.1. The Morgan fingerprint density at radius 3 is 2.07 bits per heavy atom. The number of carbonyl (C=O) groups is 4. The monoisotopic (exact) mass is 437 g/mol. The highest BCUT2D eigenvalue weighted by molar-refractivity contribution is 7.98. The average molecular weight is 438 g/mol. The molecule has 0 aromatic rings. The Kier molecular flexibility index (Phi) is 14.6. The highest BCUT2D eigenvalue weighted by Crippen LogP contribution is 2.06. The third-order valence-corrected chi connectivity index (χ3v) is 4.83. The number of amides is 3. The third kappa shape index (κ3) is 10.7. The summed E-state index contributed by atoms with van der Waals surface area (Å²) in [6.45, 7) is 0.146. The van der Waals surface area contributed by atoms with Gasteiger partial charge in [0.2, 0.25) is 17.7 Å². The zero-order valence-corrected chi connectivity index (χ0v) is 17.7. The first kappa shape index (κ1) is 26.5. The molecule has 162 valence electrons. The molecule has 12 heteroatoms. The van der Waals surface area contributed by atoms with Crippen LogP contribution < -0.4 is 27.4 Å². The quantitative estimate of drug-likeness (QED) is 0.117. The van der Waals surface area contributed by atoms with Crippen molar-refractivity contribution in [3.63, 3.8) is 0 Å². The Hall–Kier alpha value is -1.50. The van der Waals surface area contributed by atoms with Crippen molar-refractivity contribution < 1.29 is 24.3 Å². The molecule has 8 N–H and O–H groups in total. The Bertz CT molecular complexity index is 524. The number of aliphatic carboxylic acids is 1. The lowest BCUT2D eigenvalue weighted by Gasteiger charge is -2.24. The summed E-state index contributed by atoms with van der Waals surface area (Å²) < 4.78 is 0. The molecule has 0 fully saturated rings. The Balaban J connectivity index is 5.11. The summed E-state index contributed by atoms with van der Waals surface area (Å²) in [4.78, 5) is 47.8. The highest BCUT2D eigenvalue weighted by Gasteiger charge is 2.28. The third-order valence-electron chi connectivity index (χ3n) is 3.82. The molecule has 0 spiro atoms. The standard InChI is InChI=1S/C16H31N5O5S2/c1-28-7-5-11(16(25)26)21-14(23)10(4-2-3-6-17)20-15(24)12(9-27)19-13(22)8-18/h10-12,27H,2-9,17-18H2,1H3,(H,19,22)(H,20,24)(H,21,23)(H,25,26). The Morgan fingerprint density at radius 1 is 0.964 bits per heavy atom. The Morgan fingerprint density at radius 2 is 1.57 bits per heavy atom. The van der Waals surface area contributed by atoms with Gasteiger partial charge in [-0.3, -0.25) is 14.4 Å². The number of thiol groups is 1. The van der Waals surface area contributed by atoms with E-state index in [1.54, 1.807) is 0 Å². The van der Waals surface area contributed by atoms with Crippen molar-refractivity contribution >= 4 is 48.1 Å². The van der Waals surface area contributed by atoms with E-state index in [2.05, 4.69) is 28.6 Å². The van der Waals surface area contributed by atoms with Crippen LogP contribution in [0.15, 0.2) is 0 Å². The van der Waals surface area contributed by atoms with Gasteiger partial charge in [-0.2, -0.15) is 24.4 Å². The van der Waals surface area contributed by atoms with Gasteiger partial charge in [-0.15, -0.1) is 0 Å². The van der Waals surface area contributed by atoms with E-state index in [-0.39, 0.29) is 25.1 Å². The van der Waals surface area contributed by atoms with Crippen LogP contribution in [0.5, 0.6) is 0 Å². The van der Waals surface area contributed by atoms with Gasteiger partial charge < -0.3 is 32.5 Å². The molecule has 3 atom stereocenters. The summed E-state index contributed by atoms with van der Waals surface area (Å²) in [7, 11) is 0. The topological polar surface area (TPSA) is 177 Å². The minimum atomic E-state index is -1.14. The molecule has 0 bridgehead atoms.